The van der Waals surface area contributed by atoms with Gasteiger partial charge in [0.05, 0.1) is 13.7 Å². The van der Waals surface area contributed by atoms with Gasteiger partial charge in [0.1, 0.15) is 0 Å². The summed E-state index contributed by atoms with van der Waals surface area (Å²) in [6.45, 7) is -2.09. The molecule has 1 aromatic rings. The van der Waals surface area contributed by atoms with Crippen LogP contribution in [0, 0.1) is 0 Å². The van der Waals surface area contributed by atoms with Gasteiger partial charge < -0.3 is 19.5 Å². The van der Waals surface area contributed by atoms with Crippen molar-refractivity contribution in [2.45, 2.75) is 31.9 Å². The van der Waals surface area contributed by atoms with E-state index < -0.39 is 12.6 Å². The average molecular weight is 386 g/mol. The quantitative estimate of drug-likeness (QED) is 0.775. The molecule has 150 valence electrons. The lowest BCUT2D eigenvalue weighted by Crippen LogP contribution is -2.37. The first-order chi connectivity index (χ1) is 12.8. The Hall–Kier alpha value is -2.42. The molecule has 1 N–H and O–H groups in total. The Morgan fingerprint density at radius 3 is 2.67 bits per heavy atom. The monoisotopic (exact) mass is 386 g/mol. The summed E-state index contributed by atoms with van der Waals surface area (Å²) in [5.41, 5.74) is 0.240. The highest BCUT2D eigenvalue weighted by atomic mass is 19.3. The molecule has 1 unspecified atom stereocenters. The number of hydrogen-bond acceptors (Lipinski definition) is 5. The molecule has 27 heavy (non-hydrogen) atoms. The van der Waals surface area contributed by atoms with Crippen molar-refractivity contribution in [3.63, 3.8) is 0 Å². The first-order valence-electron chi connectivity index (χ1n) is 8.66. The van der Waals surface area contributed by atoms with Crippen molar-refractivity contribution in [3.8, 4) is 11.5 Å². The van der Waals surface area contributed by atoms with E-state index in [1.165, 1.54) is 25.3 Å². The van der Waals surface area contributed by atoms with E-state index in [0.29, 0.717) is 19.5 Å². The van der Waals surface area contributed by atoms with E-state index in [9.17, 15) is 18.4 Å². The van der Waals surface area contributed by atoms with Gasteiger partial charge in [0, 0.05) is 24.7 Å². The SMILES string of the molecule is COc1ccc(C(=O)N2CCCC(N(C)CC(=O)O)CC2)cc1OC(F)F. The van der Waals surface area contributed by atoms with E-state index in [1.54, 1.807) is 16.8 Å². The van der Waals surface area contributed by atoms with Crippen LogP contribution in [0.2, 0.25) is 0 Å². The Balaban J connectivity index is 2.08. The zero-order valence-electron chi connectivity index (χ0n) is 15.4. The Bertz CT molecular complexity index is 671. The normalized spacial score (nSPS) is 17.7. The number of aliphatic carboxylic acids is 1. The van der Waals surface area contributed by atoms with Crippen molar-refractivity contribution in [1.82, 2.24) is 9.80 Å². The molecular weight excluding hydrogens is 362 g/mol. The number of hydrogen-bond donors (Lipinski definition) is 1. The number of carboxylic acids is 1. The molecular formula is C18H24F2N2O5. The number of ether oxygens (including phenoxy) is 2. The molecule has 7 nitrogen and oxygen atoms in total. The number of benzene rings is 1. The minimum Gasteiger partial charge on any atom is -0.493 e. The minimum absolute atomic E-state index is 0.0502. The number of carbonyl (C=O) groups excluding carboxylic acids is 1. The van der Waals surface area contributed by atoms with Crippen LogP contribution in [0.5, 0.6) is 11.5 Å². The lowest BCUT2D eigenvalue weighted by atomic mass is 10.1. The molecule has 1 aliphatic heterocycles. The fraction of sp³-hybridized carbons (Fsp3) is 0.556. The third-order valence-corrected chi connectivity index (χ3v) is 4.62. The molecule has 0 radical (unpaired) electrons. The third kappa shape index (κ3) is 5.78. The average Bonchev–Trinajstić information content (AvgIpc) is 2.86. The van der Waals surface area contributed by atoms with Gasteiger partial charge in [-0.05, 0) is 44.5 Å². The minimum atomic E-state index is -3.02. The lowest BCUT2D eigenvalue weighted by molar-refractivity contribution is -0.138. The summed E-state index contributed by atoms with van der Waals surface area (Å²) >= 11 is 0. The zero-order valence-corrected chi connectivity index (χ0v) is 15.4. The second-order valence-corrected chi connectivity index (χ2v) is 6.43. The van der Waals surface area contributed by atoms with Gasteiger partial charge in [-0.3, -0.25) is 14.5 Å². The van der Waals surface area contributed by atoms with Crippen molar-refractivity contribution in [2.24, 2.45) is 0 Å². The van der Waals surface area contributed by atoms with Crippen LogP contribution in [-0.2, 0) is 4.79 Å². The molecule has 1 saturated heterocycles. The molecule has 1 atom stereocenters. The van der Waals surface area contributed by atoms with Crippen molar-refractivity contribution in [2.75, 3.05) is 33.8 Å². The number of likely N-dealkylation sites (N-methyl/N-ethyl adjacent to an activating group) is 1. The Morgan fingerprint density at radius 1 is 1.30 bits per heavy atom. The van der Waals surface area contributed by atoms with Gasteiger partial charge in [0.2, 0.25) is 0 Å². The van der Waals surface area contributed by atoms with E-state index in [2.05, 4.69) is 4.74 Å². The number of likely N-dealkylation sites (tertiary alicyclic amines) is 1. The Morgan fingerprint density at radius 2 is 2.04 bits per heavy atom. The summed E-state index contributed by atoms with van der Waals surface area (Å²) in [6, 6.07) is 4.27. The van der Waals surface area contributed by atoms with E-state index in [0.717, 1.165) is 12.8 Å². The topological polar surface area (TPSA) is 79.3 Å². The fourth-order valence-corrected chi connectivity index (χ4v) is 3.25. The summed E-state index contributed by atoms with van der Waals surface area (Å²) in [5, 5.41) is 8.92. The number of carboxylic acid groups (broad SMARTS) is 1. The van der Waals surface area contributed by atoms with Crippen LogP contribution in [0.25, 0.3) is 0 Å². The standard InChI is InChI=1S/C18H24F2N2O5/c1-21(11-16(23)24)13-4-3-8-22(9-7-13)17(25)12-5-6-14(26-2)15(10-12)27-18(19)20/h5-6,10,13,18H,3-4,7-9,11H2,1-2H3,(H,23,24). The summed E-state index contributed by atoms with van der Waals surface area (Å²) in [5.74, 6) is -1.23. The van der Waals surface area contributed by atoms with Gasteiger partial charge in [-0.2, -0.15) is 8.78 Å². The molecule has 1 heterocycles. The third-order valence-electron chi connectivity index (χ3n) is 4.62. The van der Waals surface area contributed by atoms with Gasteiger partial charge in [0.15, 0.2) is 11.5 Å². The maximum Gasteiger partial charge on any atom is 0.387 e. The molecule has 1 aliphatic rings. The molecule has 1 aromatic carbocycles. The Kier molecular flexibility index (Phi) is 7.35. The number of nitrogens with zero attached hydrogens (tertiary/aromatic N) is 2. The largest absolute Gasteiger partial charge is 0.493 e. The van der Waals surface area contributed by atoms with Crippen LogP contribution < -0.4 is 9.47 Å². The van der Waals surface area contributed by atoms with Gasteiger partial charge in [-0.15, -0.1) is 0 Å². The molecule has 0 aliphatic carbocycles. The van der Waals surface area contributed by atoms with Gasteiger partial charge >= 0.3 is 12.6 Å². The number of halogens is 2. The van der Waals surface area contributed by atoms with Gasteiger partial charge in [-0.25, -0.2) is 0 Å². The second kappa shape index (κ2) is 9.50. The lowest BCUT2D eigenvalue weighted by Gasteiger charge is -2.25. The van der Waals surface area contributed by atoms with Crippen molar-refractivity contribution in [3.05, 3.63) is 23.8 Å². The molecule has 2 rings (SSSR count). The molecule has 1 fully saturated rings. The maximum atomic E-state index is 12.8. The highest BCUT2D eigenvalue weighted by Gasteiger charge is 2.25. The van der Waals surface area contributed by atoms with Crippen LogP contribution in [0.4, 0.5) is 8.78 Å². The predicted octanol–water partition coefficient (Wildman–Crippen LogP) is 2.31. The van der Waals surface area contributed by atoms with Crippen LogP contribution in [0.1, 0.15) is 29.6 Å². The van der Waals surface area contributed by atoms with E-state index in [1.807, 2.05) is 0 Å². The maximum absolute atomic E-state index is 12.8. The van der Waals surface area contributed by atoms with E-state index in [-0.39, 0.29) is 35.6 Å². The number of amides is 1. The van der Waals surface area contributed by atoms with Crippen molar-refractivity contribution < 1.29 is 33.0 Å². The van der Waals surface area contributed by atoms with Crippen LogP contribution >= 0.6 is 0 Å². The summed E-state index contributed by atoms with van der Waals surface area (Å²) in [7, 11) is 3.09. The number of alkyl halides is 2. The molecule has 0 saturated carbocycles. The highest BCUT2D eigenvalue weighted by molar-refractivity contribution is 5.95. The first kappa shape index (κ1) is 20.9. The zero-order chi connectivity index (χ0) is 20.0. The number of carbonyl (C=O) groups is 2. The number of methoxy groups -OCH3 is 1. The first-order valence-corrected chi connectivity index (χ1v) is 8.66. The smallest absolute Gasteiger partial charge is 0.387 e. The number of rotatable bonds is 7. The summed E-state index contributed by atoms with van der Waals surface area (Å²) in [4.78, 5) is 27.1. The van der Waals surface area contributed by atoms with Crippen LogP contribution in [0.3, 0.4) is 0 Å². The summed E-state index contributed by atoms with van der Waals surface area (Å²) < 4.78 is 34.6. The van der Waals surface area contributed by atoms with E-state index >= 15 is 0 Å². The van der Waals surface area contributed by atoms with Crippen LogP contribution in [0.15, 0.2) is 18.2 Å². The van der Waals surface area contributed by atoms with Gasteiger partial charge in [-0.1, -0.05) is 0 Å². The molecule has 9 heteroatoms. The summed E-state index contributed by atoms with van der Waals surface area (Å²) in [6.07, 6.45) is 2.17. The highest BCUT2D eigenvalue weighted by Crippen LogP contribution is 2.30. The van der Waals surface area contributed by atoms with Crippen molar-refractivity contribution in [1.29, 1.82) is 0 Å². The predicted molar refractivity (Wildman–Crippen MR) is 93.4 cm³/mol. The molecule has 0 bridgehead atoms. The second-order valence-electron chi connectivity index (χ2n) is 6.43. The van der Waals surface area contributed by atoms with E-state index in [4.69, 9.17) is 9.84 Å². The molecule has 1 amide bonds. The Labute approximate surface area is 156 Å². The molecule has 0 spiro atoms. The van der Waals surface area contributed by atoms with Crippen LogP contribution in [-0.4, -0.2) is 73.2 Å². The van der Waals surface area contributed by atoms with Gasteiger partial charge in [0.25, 0.3) is 5.91 Å². The molecule has 0 aromatic heterocycles. The van der Waals surface area contributed by atoms with Crippen molar-refractivity contribution >= 4 is 11.9 Å². The fourth-order valence-electron chi connectivity index (χ4n) is 3.25.